The van der Waals surface area contributed by atoms with Gasteiger partial charge in [0.2, 0.25) is 18.0 Å². The van der Waals surface area contributed by atoms with Crippen LogP contribution in [-0.2, 0) is 14.4 Å². The molecule has 0 radical (unpaired) electrons. The van der Waals surface area contributed by atoms with E-state index in [1.54, 1.807) is 30.3 Å². The molecule has 11 heteroatoms. The van der Waals surface area contributed by atoms with Gasteiger partial charge in [-0.2, -0.15) is 13.2 Å². The number of primary amides is 1. The van der Waals surface area contributed by atoms with Gasteiger partial charge in [-0.15, -0.1) is 11.8 Å². The van der Waals surface area contributed by atoms with Crippen LogP contribution in [0.4, 0.5) is 18.9 Å². The van der Waals surface area contributed by atoms with Crippen molar-refractivity contribution in [3.05, 3.63) is 65.7 Å². The lowest BCUT2D eigenvalue weighted by Gasteiger charge is -2.25. The third kappa shape index (κ3) is 6.84. The largest absolute Gasteiger partial charge is 0.389 e. The van der Waals surface area contributed by atoms with Gasteiger partial charge < -0.3 is 11.1 Å². The van der Waals surface area contributed by atoms with Gasteiger partial charge in [0.25, 0.3) is 5.91 Å². The summed E-state index contributed by atoms with van der Waals surface area (Å²) in [4.78, 5) is 43.9. The summed E-state index contributed by atoms with van der Waals surface area (Å²) in [5.74, 6) is -3.43. The Morgan fingerprint density at radius 3 is 2.43 bits per heavy atom. The van der Waals surface area contributed by atoms with Crippen LogP contribution in [-0.4, -0.2) is 47.9 Å². The monoisotopic (exact) mass is 506 g/mol. The number of benzene rings is 2. The Morgan fingerprint density at radius 1 is 1.14 bits per heavy atom. The summed E-state index contributed by atoms with van der Waals surface area (Å²) in [5.41, 5.74) is 7.58. The zero-order valence-corrected chi connectivity index (χ0v) is 19.7. The standard InChI is InChI=1S/C24H25F3N4O3S/c1-35-14-31-18-10-6-5-9-17(18)20(15-7-3-2-4-8-15)29-21(23(31)34)30-22(33)16(13-19(28)32)11-12-24(25,26)27/h2-10,16,21H,11-14H2,1H3,(H2,28,32)(H,30,33)/t16-,21-/m1/s1. The Balaban J connectivity index is 2.01. The molecule has 2 aromatic rings. The highest BCUT2D eigenvalue weighted by molar-refractivity contribution is 7.98. The van der Waals surface area contributed by atoms with Crippen molar-refractivity contribution in [3.63, 3.8) is 0 Å². The van der Waals surface area contributed by atoms with Crippen molar-refractivity contribution < 1.29 is 27.6 Å². The van der Waals surface area contributed by atoms with Crippen molar-refractivity contribution in [2.45, 2.75) is 31.6 Å². The molecule has 0 fully saturated rings. The van der Waals surface area contributed by atoms with E-state index in [0.29, 0.717) is 22.5 Å². The molecule has 35 heavy (non-hydrogen) atoms. The van der Waals surface area contributed by atoms with E-state index in [9.17, 15) is 27.6 Å². The molecule has 3 N–H and O–H groups in total. The van der Waals surface area contributed by atoms with Crippen LogP contribution in [0.5, 0.6) is 0 Å². The van der Waals surface area contributed by atoms with Gasteiger partial charge in [0.15, 0.2) is 0 Å². The summed E-state index contributed by atoms with van der Waals surface area (Å²) in [5, 5.41) is 2.47. The minimum absolute atomic E-state index is 0.262. The van der Waals surface area contributed by atoms with Crippen LogP contribution in [0.3, 0.4) is 0 Å². The summed E-state index contributed by atoms with van der Waals surface area (Å²) in [6.07, 6.45) is -6.58. The SMILES string of the molecule is CSCN1C(=O)[C@@H](NC(=O)[C@H](CCC(F)(F)F)CC(N)=O)N=C(c2ccccc2)c2ccccc21. The summed E-state index contributed by atoms with van der Waals surface area (Å²) in [7, 11) is 0. The van der Waals surface area contributed by atoms with Crippen LogP contribution < -0.4 is 16.0 Å². The summed E-state index contributed by atoms with van der Waals surface area (Å²) < 4.78 is 38.4. The first-order valence-electron chi connectivity index (χ1n) is 10.8. The molecule has 1 aliphatic rings. The fraction of sp³-hybridized carbons (Fsp3) is 0.333. The number of benzodiazepines with no additional fused rings is 1. The van der Waals surface area contributed by atoms with Crippen molar-refractivity contribution in [3.8, 4) is 0 Å². The smallest absolute Gasteiger partial charge is 0.370 e. The second-order valence-electron chi connectivity index (χ2n) is 7.98. The first-order valence-corrected chi connectivity index (χ1v) is 12.2. The highest BCUT2D eigenvalue weighted by atomic mass is 32.2. The number of fused-ring (bicyclic) bond motifs is 1. The van der Waals surface area contributed by atoms with Gasteiger partial charge in [-0.3, -0.25) is 19.3 Å². The maximum absolute atomic E-state index is 13.5. The predicted octanol–water partition coefficient (Wildman–Crippen LogP) is 3.47. The molecule has 1 aliphatic heterocycles. The van der Waals surface area contributed by atoms with E-state index in [-0.39, 0.29) is 5.88 Å². The molecular formula is C24H25F3N4O3S. The quantitative estimate of drug-likeness (QED) is 0.543. The maximum Gasteiger partial charge on any atom is 0.389 e. The lowest BCUT2D eigenvalue weighted by Crippen LogP contribution is -2.49. The molecule has 2 atom stereocenters. The average molecular weight is 507 g/mol. The number of anilines is 1. The number of nitrogens with zero attached hydrogens (tertiary/aromatic N) is 2. The Bertz CT molecular complexity index is 1110. The van der Waals surface area contributed by atoms with E-state index in [4.69, 9.17) is 5.73 Å². The second-order valence-corrected chi connectivity index (χ2v) is 8.81. The fourth-order valence-electron chi connectivity index (χ4n) is 3.77. The molecule has 0 saturated carbocycles. The van der Waals surface area contributed by atoms with Crippen molar-refractivity contribution in [2.24, 2.45) is 16.6 Å². The minimum atomic E-state index is -4.51. The van der Waals surface area contributed by atoms with E-state index in [1.165, 1.54) is 16.7 Å². The number of carbonyl (C=O) groups excluding carboxylic acids is 3. The van der Waals surface area contributed by atoms with E-state index >= 15 is 0 Å². The zero-order chi connectivity index (χ0) is 25.6. The van der Waals surface area contributed by atoms with Crippen LogP contribution in [0.25, 0.3) is 0 Å². The van der Waals surface area contributed by atoms with Crippen molar-refractivity contribution in [2.75, 3.05) is 17.0 Å². The lowest BCUT2D eigenvalue weighted by atomic mass is 9.97. The molecule has 7 nitrogen and oxygen atoms in total. The Kier molecular flexibility index (Phi) is 8.55. The van der Waals surface area contributed by atoms with Crippen LogP contribution in [0.15, 0.2) is 59.6 Å². The van der Waals surface area contributed by atoms with Gasteiger partial charge >= 0.3 is 6.18 Å². The van der Waals surface area contributed by atoms with E-state index in [0.717, 1.165) is 0 Å². The first-order chi connectivity index (χ1) is 16.6. The molecule has 3 rings (SSSR count). The van der Waals surface area contributed by atoms with Gasteiger partial charge in [0.05, 0.1) is 17.3 Å². The van der Waals surface area contributed by atoms with Crippen LogP contribution >= 0.6 is 11.8 Å². The van der Waals surface area contributed by atoms with E-state index < -0.39 is 55.2 Å². The first kappa shape index (κ1) is 26.3. The molecule has 3 amide bonds. The topological polar surface area (TPSA) is 105 Å². The Labute approximate surface area is 205 Å². The number of aliphatic imine (C=N–C) groups is 1. The molecule has 0 unspecified atom stereocenters. The highest BCUT2D eigenvalue weighted by Gasteiger charge is 2.36. The number of rotatable bonds is 9. The number of amides is 3. The predicted molar refractivity (Wildman–Crippen MR) is 129 cm³/mol. The number of alkyl halides is 3. The number of carbonyl (C=O) groups is 3. The van der Waals surface area contributed by atoms with Crippen molar-refractivity contribution >= 4 is 40.9 Å². The third-order valence-electron chi connectivity index (χ3n) is 5.39. The summed E-state index contributed by atoms with van der Waals surface area (Å²) in [6.45, 7) is 0. The number of hydrogen-bond acceptors (Lipinski definition) is 5. The molecule has 2 aromatic carbocycles. The molecular weight excluding hydrogens is 481 g/mol. The number of nitrogens with two attached hydrogens (primary N) is 1. The molecule has 0 saturated heterocycles. The Morgan fingerprint density at radius 2 is 1.80 bits per heavy atom. The third-order valence-corrected chi connectivity index (χ3v) is 5.90. The minimum Gasteiger partial charge on any atom is -0.370 e. The van der Waals surface area contributed by atoms with Gasteiger partial charge in [-0.05, 0) is 18.7 Å². The van der Waals surface area contributed by atoms with Crippen LogP contribution in [0, 0.1) is 5.92 Å². The van der Waals surface area contributed by atoms with Gasteiger partial charge in [0.1, 0.15) is 0 Å². The number of thioether (sulfide) groups is 1. The highest BCUT2D eigenvalue weighted by Crippen LogP contribution is 2.30. The van der Waals surface area contributed by atoms with E-state index in [1.807, 2.05) is 30.5 Å². The number of nitrogens with one attached hydrogen (secondary N) is 1. The van der Waals surface area contributed by atoms with E-state index in [2.05, 4.69) is 10.3 Å². The Hall–Kier alpha value is -3.34. The number of para-hydroxylation sites is 1. The zero-order valence-electron chi connectivity index (χ0n) is 18.9. The lowest BCUT2D eigenvalue weighted by molar-refractivity contribution is -0.143. The van der Waals surface area contributed by atoms with Crippen molar-refractivity contribution in [1.82, 2.24) is 5.32 Å². The van der Waals surface area contributed by atoms with Crippen molar-refractivity contribution in [1.29, 1.82) is 0 Å². The fourth-order valence-corrected chi connectivity index (χ4v) is 4.30. The van der Waals surface area contributed by atoms with Gasteiger partial charge in [-0.1, -0.05) is 48.5 Å². The average Bonchev–Trinajstić information content (AvgIpc) is 2.92. The normalized spacial score (nSPS) is 16.7. The maximum atomic E-state index is 13.5. The molecule has 0 spiro atoms. The van der Waals surface area contributed by atoms with Crippen LogP contribution in [0.2, 0.25) is 0 Å². The molecule has 186 valence electrons. The number of halogens is 3. The second kappa shape index (κ2) is 11.4. The molecule has 0 aliphatic carbocycles. The van der Waals surface area contributed by atoms with Gasteiger partial charge in [-0.25, -0.2) is 4.99 Å². The summed E-state index contributed by atoms with van der Waals surface area (Å²) >= 11 is 1.38. The molecule has 0 bridgehead atoms. The van der Waals surface area contributed by atoms with Gasteiger partial charge in [0, 0.05) is 29.9 Å². The summed E-state index contributed by atoms with van der Waals surface area (Å²) in [6, 6.07) is 16.2. The van der Waals surface area contributed by atoms with Crippen LogP contribution in [0.1, 0.15) is 30.4 Å². The molecule has 1 heterocycles. The number of hydrogen-bond donors (Lipinski definition) is 2. The molecule has 0 aromatic heterocycles.